The molecule has 0 saturated heterocycles. The van der Waals surface area contributed by atoms with Crippen LogP contribution < -0.4 is 11.1 Å². The Kier molecular flexibility index (Phi) is 5.09. The van der Waals surface area contributed by atoms with E-state index in [9.17, 15) is 0 Å². The van der Waals surface area contributed by atoms with Gasteiger partial charge in [-0.05, 0) is 31.4 Å². The molecule has 0 bridgehead atoms. The van der Waals surface area contributed by atoms with Gasteiger partial charge in [-0.25, -0.2) is 4.98 Å². The Morgan fingerprint density at radius 2 is 2.06 bits per heavy atom. The third-order valence-corrected chi connectivity index (χ3v) is 2.57. The van der Waals surface area contributed by atoms with Crippen molar-refractivity contribution in [2.75, 3.05) is 17.6 Å². The van der Waals surface area contributed by atoms with E-state index in [4.69, 9.17) is 5.73 Å². The molecule has 0 saturated carbocycles. The minimum Gasteiger partial charge on any atom is -0.396 e. The number of rotatable bonds is 6. The zero-order chi connectivity index (χ0) is 12.0. The third-order valence-electron chi connectivity index (χ3n) is 2.57. The van der Waals surface area contributed by atoms with Crippen molar-refractivity contribution < 1.29 is 0 Å². The Morgan fingerprint density at radius 1 is 1.31 bits per heavy atom. The summed E-state index contributed by atoms with van der Waals surface area (Å²) in [4.78, 5) is 4.37. The molecule has 0 unspecified atom stereocenters. The van der Waals surface area contributed by atoms with Crippen LogP contribution in [-0.4, -0.2) is 11.5 Å². The smallest absolute Gasteiger partial charge is 0.149 e. The highest BCUT2D eigenvalue weighted by molar-refractivity contribution is 5.61. The van der Waals surface area contributed by atoms with Crippen LogP contribution >= 0.6 is 0 Å². The first kappa shape index (κ1) is 12.8. The molecular formula is C13H23N3. The predicted octanol–water partition coefficient (Wildman–Crippen LogP) is 3.21. The van der Waals surface area contributed by atoms with Crippen LogP contribution in [0.4, 0.5) is 11.5 Å². The first-order chi connectivity index (χ1) is 7.59. The van der Waals surface area contributed by atoms with Gasteiger partial charge in [0.15, 0.2) is 0 Å². The van der Waals surface area contributed by atoms with Crippen LogP contribution in [0.1, 0.15) is 38.8 Å². The molecule has 0 radical (unpaired) electrons. The van der Waals surface area contributed by atoms with E-state index in [2.05, 4.69) is 24.1 Å². The standard InChI is InChI=1S/C13H23N3/c1-10(2)6-4-5-9-15-13-12(14)8-7-11(3)16-13/h7-8,10H,4-6,9,14H2,1-3H3,(H,15,16). The number of anilines is 2. The molecule has 3 heteroatoms. The second-order valence-corrected chi connectivity index (χ2v) is 4.71. The van der Waals surface area contributed by atoms with Crippen molar-refractivity contribution in [2.24, 2.45) is 5.92 Å². The fraction of sp³-hybridized carbons (Fsp3) is 0.615. The lowest BCUT2D eigenvalue weighted by atomic mass is 10.1. The maximum atomic E-state index is 5.83. The van der Waals surface area contributed by atoms with Crippen LogP contribution in [0.3, 0.4) is 0 Å². The van der Waals surface area contributed by atoms with Gasteiger partial charge in [0.2, 0.25) is 0 Å². The third kappa shape index (κ3) is 4.51. The van der Waals surface area contributed by atoms with Gasteiger partial charge in [-0.1, -0.05) is 26.7 Å². The van der Waals surface area contributed by atoms with E-state index in [1.807, 2.05) is 19.1 Å². The molecule has 1 aromatic rings. The molecule has 0 fully saturated rings. The summed E-state index contributed by atoms with van der Waals surface area (Å²) in [5.74, 6) is 1.62. The van der Waals surface area contributed by atoms with Crippen molar-refractivity contribution in [3.63, 3.8) is 0 Å². The monoisotopic (exact) mass is 221 g/mol. The SMILES string of the molecule is Cc1ccc(N)c(NCCCCC(C)C)n1. The number of hydrogen-bond acceptors (Lipinski definition) is 3. The molecule has 16 heavy (non-hydrogen) atoms. The Balaban J connectivity index is 2.29. The second kappa shape index (κ2) is 6.36. The van der Waals surface area contributed by atoms with Gasteiger partial charge in [-0.3, -0.25) is 0 Å². The van der Waals surface area contributed by atoms with Crippen molar-refractivity contribution in [2.45, 2.75) is 40.0 Å². The average molecular weight is 221 g/mol. The highest BCUT2D eigenvalue weighted by Gasteiger charge is 2.00. The van der Waals surface area contributed by atoms with E-state index >= 15 is 0 Å². The van der Waals surface area contributed by atoms with Crippen molar-refractivity contribution >= 4 is 11.5 Å². The number of hydrogen-bond donors (Lipinski definition) is 2. The lowest BCUT2D eigenvalue weighted by Gasteiger charge is -2.09. The fourth-order valence-corrected chi connectivity index (χ4v) is 1.59. The zero-order valence-electron chi connectivity index (χ0n) is 10.6. The molecule has 0 aliphatic rings. The molecule has 0 atom stereocenters. The highest BCUT2D eigenvalue weighted by atomic mass is 15.0. The first-order valence-corrected chi connectivity index (χ1v) is 6.06. The Morgan fingerprint density at radius 3 is 2.75 bits per heavy atom. The molecule has 0 amide bonds. The summed E-state index contributed by atoms with van der Waals surface area (Å²) in [6, 6.07) is 3.83. The van der Waals surface area contributed by atoms with Crippen molar-refractivity contribution in [1.29, 1.82) is 0 Å². The van der Waals surface area contributed by atoms with Gasteiger partial charge in [-0.2, -0.15) is 0 Å². The van der Waals surface area contributed by atoms with Crippen LogP contribution in [0.5, 0.6) is 0 Å². The molecule has 0 spiro atoms. The van der Waals surface area contributed by atoms with Gasteiger partial charge < -0.3 is 11.1 Å². The summed E-state index contributed by atoms with van der Waals surface area (Å²) in [6.07, 6.45) is 3.72. The molecule has 90 valence electrons. The number of aromatic nitrogens is 1. The normalized spacial score (nSPS) is 10.8. The van der Waals surface area contributed by atoms with Gasteiger partial charge in [0.1, 0.15) is 5.82 Å². The van der Waals surface area contributed by atoms with Gasteiger partial charge in [0.25, 0.3) is 0 Å². The van der Waals surface area contributed by atoms with Crippen LogP contribution in [-0.2, 0) is 0 Å². The number of nitrogen functional groups attached to an aromatic ring is 1. The number of unbranched alkanes of at least 4 members (excludes halogenated alkanes) is 1. The summed E-state index contributed by atoms with van der Waals surface area (Å²) < 4.78 is 0. The quantitative estimate of drug-likeness (QED) is 0.725. The molecule has 3 N–H and O–H groups in total. The largest absolute Gasteiger partial charge is 0.396 e. The van der Waals surface area contributed by atoms with Crippen LogP contribution in [0, 0.1) is 12.8 Å². The Bertz CT molecular complexity index is 321. The van der Waals surface area contributed by atoms with Gasteiger partial charge >= 0.3 is 0 Å². The number of pyridine rings is 1. The molecule has 1 aromatic heterocycles. The molecule has 1 rings (SSSR count). The molecule has 3 nitrogen and oxygen atoms in total. The minimum atomic E-state index is 0.731. The zero-order valence-corrected chi connectivity index (χ0v) is 10.6. The van der Waals surface area contributed by atoms with Gasteiger partial charge in [0, 0.05) is 12.2 Å². The number of nitrogens with zero attached hydrogens (tertiary/aromatic N) is 1. The summed E-state index contributed by atoms with van der Waals surface area (Å²) in [5, 5.41) is 3.29. The summed E-state index contributed by atoms with van der Waals surface area (Å²) in [7, 11) is 0. The summed E-state index contributed by atoms with van der Waals surface area (Å²) in [5.41, 5.74) is 7.56. The molecule has 0 aliphatic carbocycles. The van der Waals surface area contributed by atoms with E-state index in [-0.39, 0.29) is 0 Å². The maximum Gasteiger partial charge on any atom is 0.149 e. The van der Waals surface area contributed by atoms with E-state index in [1.165, 1.54) is 19.3 Å². The minimum absolute atomic E-state index is 0.731. The second-order valence-electron chi connectivity index (χ2n) is 4.71. The fourth-order valence-electron chi connectivity index (χ4n) is 1.59. The van der Waals surface area contributed by atoms with E-state index in [0.717, 1.165) is 29.7 Å². The van der Waals surface area contributed by atoms with Crippen LogP contribution in [0.15, 0.2) is 12.1 Å². The molecular weight excluding hydrogens is 198 g/mol. The molecule has 0 aliphatic heterocycles. The number of nitrogens with two attached hydrogens (primary N) is 1. The Labute approximate surface area is 98.5 Å². The van der Waals surface area contributed by atoms with Crippen molar-refractivity contribution in [3.8, 4) is 0 Å². The topological polar surface area (TPSA) is 50.9 Å². The van der Waals surface area contributed by atoms with Crippen molar-refractivity contribution in [3.05, 3.63) is 17.8 Å². The lowest BCUT2D eigenvalue weighted by Crippen LogP contribution is -2.07. The summed E-state index contributed by atoms with van der Waals surface area (Å²) >= 11 is 0. The van der Waals surface area contributed by atoms with Crippen molar-refractivity contribution in [1.82, 2.24) is 4.98 Å². The van der Waals surface area contributed by atoms with E-state index in [0.29, 0.717) is 0 Å². The predicted molar refractivity (Wildman–Crippen MR) is 70.6 cm³/mol. The van der Waals surface area contributed by atoms with E-state index in [1.54, 1.807) is 0 Å². The van der Waals surface area contributed by atoms with Crippen LogP contribution in [0.25, 0.3) is 0 Å². The maximum absolute atomic E-state index is 5.83. The lowest BCUT2D eigenvalue weighted by molar-refractivity contribution is 0.544. The highest BCUT2D eigenvalue weighted by Crippen LogP contribution is 2.15. The number of nitrogens with one attached hydrogen (secondary N) is 1. The average Bonchev–Trinajstić information content (AvgIpc) is 2.22. The molecule has 0 aromatic carbocycles. The number of aryl methyl sites for hydroxylation is 1. The first-order valence-electron chi connectivity index (χ1n) is 6.06. The van der Waals surface area contributed by atoms with Gasteiger partial charge in [0.05, 0.1) is 5.69 Å². The van der Waals surface area contributed by atoms with E-state index < -0.39 is 0 Å². The molecule has 1 heterocycles. The van der Waals surface area contributed by atoms with Crippen LogP contribution in [0.2, 0.25) is 0 Å². The Hall–Kier alpha value is -1.25. The summed E-state index contributed by atoms with van der Waals surface area (Å²) in [6.45, 7) is 7.44. The van der Waals surface area contributed by atoms with Gasteiger partial charge in [-0.15, -0.1) is 0 Å².